The van der Waals surface area contributed by atoms with Crippen molar-refractivity contribution in [2.45, 2.75) is 45.4 Å². The van der Waals surface area contributed by atoms with Crippen molar-refractivity contribution < 1.29 is 0 Å². The molecule has 0 aliphatic heterocycles. The van der Waals surface area contributed by atoms with E-state index in [1.807, 2.05) is 18.3 Å². The Morgan fingerprint density at radius 1 is 1.20 bits per heavy atom. The fourth-order valence-corrected chi connectivity index (χ4v) is 3.72. The Morgan fingerprint density at radius 3 is 2.95 bits per heavy atom. The third kappa shape index (κ3) is 3.33. The van der Waals surface area contributed by atoms with E-state index >= 15 is 0 Å². The van der Waals surface area contributed by atoms with Gasteiger partial charge in [0.2, 0.25) is 0 Å². The van der Waals surface area contributed by atoms with Gasteiger partial charge < -0.3 is 5.32 Å². The number of anilines is 1. The predicted octanol–water partition coefficient (Wildman–Crippen LogP) is 3.17. The monoisotopic (exact) mass is 288 g/mol. The molecule has 2 aromatic heterocycles. The maximum atomic E-state index is 4.77. The van der Waals surface area contributed by atoms with Crippen LogP contribution in [0.4, 0.5) is 5.82 Å². The summed E-state index contributed by atoms with van der Waals surface area (Å²) in [6.45, 7) is 2.88. The first-order valence-electron chi connectivity index (χ1n) is 7.31. The smallest absolute Gasteiger partial charge is 0.144 e. The summed E-state index contributed by atoms with van der Waals surface area (Å²) in [5.41, 5.74) is 2.32. The molecule has 0 bridgehead atoms. The number of aryl methyl sites for hydroxylation is 4. The molecule has 2 aromatic rings. The number of hydrogen-bond acceptors (Lipinski definition) is 5. The zero-order valence-corrected chi connectivity index (χ0v) is 12.7. The molecule has 2 heterocycles. The van der Waals surface area contributed by atoms with Crippen molar-refractivity contribution in [3.8, 4) is 0 Å². The van der Waals surface area contributed by atoms with Gasteiger partial charge in [-0.15, -0.1) is 11.3 Å². The minimum Gasteiger partial charge on any atom is -0.369 e. The average molecular weight is 288 g/mol. The van der Waals surface area contributed by atoms with E-state index in [1.54, 1.807) is 12.4 Å². The number of nitrogens with one attached hydrogen (secondary N) is 1. The van der Waals surface area contributed by atoms with Crippen LogP contribution >= 0.6 is 11.3 Å². The molecule has 0 fully saturated rings. The molecule has 1 N–H and O–H groups in total. The van der Waals surface area contributed by atoms with E-state index in [9.17, 15) is 0 Å². The molecule has 0 saturated carbocycles. The summed E-state index contributed by atoms with van der Waals surface area (Å²) >= 11 is 1.92. The highest BCUT2D eigenvalue weighted by Gasteiger charge is 2.14. The summed E-state index contributed by atoms with van der Waals surface area (Å²) in [6, 6.07) is 0. The van der Waals surface area contributed by atoms with E-state index < -0.39 is 0 Å². The Kier molecular flexibility index (Phi) is 4.25. The lowest BCUT2D eigenvalue weighted by molar-refractivity contribution is 0.679. The second-order valence-corrected chi connectivity index (χ2v) is 6.43. The van der Waals surface area contributed by atoms with Crippen molar-refractivity contribution >= 4 is 17.2 Å². The van der Waals surface area contributed by atoms with E-state index in [1.165, 1.54) is 41.3 Å². The quantitative estimate of drug-likeness (QED) is 0.859. The van der Waals surface area contributed by atoms with E-state index in [-0.39, 0.29) is 0 Å². The second-order valence-electron chi connectivity index (χ2n) is 5.26. The van der Waals surface area contributed by atoms with Gasteiger partial charge in [-0.1, -0.05) is 0 Å². The van der Waals surface area contributed by atoms with Crippen molar-refractivity contribution in [2.75, 3.05) is 11.9 Å². The molecule has 3 rings (SSSR count). The molecule has 1 aliphatic carbocycles. The van der Waals surface area contributed by atoms with Gasteiger partial charge in [0.25, 0.3) is 0 Å². The van der Waals surface area contributed by atoms with Crippen LogP contribution in [0.15, 0.2) is 12.4 Å². The highest BCUT2D eigenvalue weighted by Crippen LogP contribution is 2.27. The average Bonchev–Trinajstić information content (AvgIpc) is 2.86. The Labute approximate surface area is 123 Å². The SMILES string of the molecule is Cc1cncc(NCCCc2nc3c(s2)CCCC3)n1. The number of rotatable bonds is 5. The van der Waals surface area contributed by atoms with E-state index in [4.69, 9.17) is 4.98 Å². The molecule has 0 unspecified atom stereocenters. The number of fused-ring (bicyclic) bond motifs is 1. The largest absolute Gasteiger partial charge is 0.369 e. The minimum atomic E-state index is 0.864. The van der Waals surface area contributed by atoms with Gasteiger partial charge in [-0.3, -0.25) is 4.98 Å². The topological polar surface area (TPSA) is 50.7 Å². The fourth-order valence-electron chi connectivity index (χ4n) is 2.52. The molecule has 0 atom stereocenters. The molecule has 20 heavy (non-hydrogen) atoms. The molecule has 0 amide bonds. The number of nitrogens with zero attached hydrogens (tertiary/aromatic N) is 3. The van der Waals surface area contributed by atoms with Gasteiger partial charge in [0.05, 0.1) is 22.6 Å². The normalized spacial score (nSPS) is 14.1. The highest BCUT2D eigenvalue weighted by atomic mass is 32.1. The van der Waals surface area contributed by atoms with Gasteiger partial charge >= 0.3 is 0 Å². The van der Waals surface area contributed by atoms with E-state index in [2.05, 4.69) is 15.3 Å². The van der Waals surface area contributed by atoms with Crippen molar-refractivity contribution in [1.82, 2.24) is 15.0 Å². The van der Waals surface area contributed by atoms with Gasteiger partial charge in [0, 0.05) is 24.0 Å². The van der Waals surface area contributed by atoms with Crippen LogP contribution in [0.25, 0.3) is 0 Å². The molecule has 0 radical (unpaired) electrons. The molecule has 4 nitrogen and oxygen atoms in total. The first-order chi connectivity index (χ1) is 9.81. The van der Waals surface area contributed by atoms with Crippen LogP contribution in [0.2, 0.25) is 0 Å². The van der Waals surface area contributed by atoms with E-state index in [0.717, 1.165) is 30.9 Å². The zero-order chi connectivity index (χ0) is 13.8. The second kappa shape index (κ2) is 6.31. The van der Waals surface area contributed by atoms with Gasteiger partial charge in [-0.2, -0.15) is 0 Å². The molecule has 0 aromatic carbocycles. The Balaban J connectivity index is 1.47. The summed E-state index contributed by atoms with van der Waals surface area (Å²) in [5, 5.41) is 4.62. The van der Waals surface area contributed by atoms with Gasteiger partial charge in [-0.05, 0) is 39.0 Å². The third-order valence-corrected chi connectivity index (χ3v) is 4.74. The molecular weight excluding hydrogens is 268 g/mol. The van der Waals surface area contributed by atoms with Gasteiger partial charge in [0.1, 0.15) is 5.82 Å². The molecule has 0 spiro atoms. The molecule has 5 heteroatoms. The summed E-state index contributed by atoms with van der Waals surface area (Å²) < 4.78 is 0. The third-order valence-electron chi connectivity index (χ3n) is 3.52. The van der Waals surface area contributed by atoms with Crippen molar-refractivity contribution in [3.05, 3.63) is 33.7 Å². The van der Waals surface area contributed by atoms with Crippen molar-refractivity contribution in [1.29, 1.82) is 0 Å². The van der Waals surface area contributed by atoms with Gasteiger partial charge in [-0.25, -0.2) is 9.97 Å². The molecule has 1 aliphatic rings. The number of aromatic nitrogens is 3. The fraction of sp³-hybridized carbons (Fsp3) is 0.533. The lowest BCUT2D eigenvalue weighted by Crippen LogP contribution is -2.05. The number of thiazole rings is 1. The van der Waals surface area contributed by atoms with E-state index in [0.29, 0.717) is 0 Å². The number of hydrogen-bond donors (Lipinski definition) is 1. The van der Waals surface area contributed by atoms with Crippen molar-refractivity contribution in [2.24, 2.45) is 0 Å². The van der Waals surface area contributed by atoms with Crippen LogP contribution < -0.4 is 5.32 Å². The van der Waals surface area contributed by atoms with Crippen molar-refractivity contribution in [3.63, 3.8) is 0 Å². The molecular formula is C15H20N4S. The standard InChI is InChI=1S/C15H20N4S/c1-11-9-16-10-14(18-11)17-8-4-7-15-19-12-5-2-3-6-13(12)20-15/h9-10H,2-8H2,1H3,(H,17,18). The van der Waals surface area contributed by atoms with Crippen LogP contribution in [0.1, 0.15) is 40.5 Å². The first kappa shape index (κ1) is 13.5. The highest BCUT2D eigenvalue weighted by molar-refractivity contribution is 7.11. The maximum Gasteiger partial charge on any atom is 0.144 e. The Morgan fingerprint density at radius 2 is 2.10 bits per heavy atom. The predicted molar refractivity (Wildman–Crippen MR) is 82.3 cm³/mol. The van der Waals surface area contributed by atoms with Crippen LogP contribution in [0, 0.1) is 6.92 Å². The maximum absolute atomic E-state index is 4.77. The summed E-state index contributed by atoms with van der Waals surface area (Å²) in [6.07, 6.45) is 10.8. The van der Waals surface area contributed by atoms with Gasteiger partial charge in [0.15, 0.2) is 0 Å². The first-order valence-corrected chi connectivity index (χ1v) is 8.13. The Hall–Kier alpha value is -1.49. The Bertz CT molecular complexity index is 556. The van der Waals surface area contributed by atoms with Crippen LogP contribution in [0.5, 0.6) is 0 Å². The molecule has 106 valence electrons. The van der Waals surface area contributed by atoms with Crippen LogP contribution in [-0.2, 0) is 19.3 Å². The summed E-state index contributed by atoms with van der Waals surface area (Å²) in [5.74, 6) is 0.864. The zero-order valence-electron chi connectivity index (χ0n) is 11.9. The van der Waals surface area contributed by atoms with Crippen LogP contribution in [-0.4, -0.2) is 21.5 Å². The lowest BCUT2D eigenvalue weighted by Gasteiger charge is -2.06. The summed E-state index contributed by atoms with van der Waals surface area (Å²) in [4.78, 5) is 14.8. The molecule has 0 saturated heterocycles. The van der Waals surface area contributed by atoms with Crippen LogP contribution in [0.3, 0.4) is 0 Å². The lowest BCUT2D eigenvalue weighted by atomic mass is 10.0. The summed E-state index contributed by atoms with van der Waals surface area (Å²) in [7, 11) is 0. The minimum absolute atomic E-state index is 0.864.